The van der Waals surface area contributed by atoms with Crippen LogP contribution >= 0.6 is 15.9 Å². The van der Waals surface area contributed by atoms with E-state index in [2.05, 4.69) is 28.2 Å². The molecule has 17 heavy (non-hydrogen) atoms. The summed E-state index contributed by atoms with van der Waals surface area (Å²) in [5.74, 6) is -0.884. The van der Waals surface area contributed by atoms with Crippen molar-refractivity contribution in [1.82, 2.24) is 0 Å². The second kappa shape index (κ2) is 4.69. The van der Waals surface area contributed by atoms with Gasteiger partial charge in [-0.1, -0.05) is 22.9 Å². The van der Waals surface area contributed by atoms with Crippen LogP contribution in [0.15, 0.2) is 22.7 Å². The van der Waals surface area contributed by atoms with E-state index in [1.807, 2.05) is 6.07 Å². The molecule has 3 nitrogen and oxygen atoms in total. The highest BCUT2D eigenvalue weighted by Crippen LogP contribution is 2.39. The lowest BCUT2D eigenvalue weighted by Crippen LogP contribution is -2.44. The van der Waals surface area contributed by atoms with Crippen LogP contribution in [-0.4, -0.2) is 16.6 Å². The summed E-state index contributed by atoms with van der Waals surface area (Å²) in [5, 5.41) is 12.6. The zero-order valence-corrected chi connectivity index (χ0v) is 11.4. The lowest BCUT2D eigenvalue weighted by atomic mass is 9.74. The SMILES string of the molecule is CCC1(Nc2cc(Br)ccc2C(=O)O)CCC1. The summed E-state index contributed by atoms with van der Waals surface area (Å²) < 4.78 is 0.899. The van der Waals surface area contributed by atoms with Crippen LogP contribution < -0.4 is 5.32 Å². The monoisotopic (exact) mass is 297 g/mol. The maximum absolute atomic E-state index is 11.2. The molecule has 0 spiro atoms. The summed E-state index contributed by atoms with van der Waals surface area (Å²) in [6.45, 7) is 2.14. The fourth-order valence-corrected chi connectivity index (χ4v) is 2.62. The number of carboxylic acids is 1. The standard InChI is InChI=1S/C13H16BrNO2/c1-2-13(6-3-7-13)15-11-8-9(14)4-5-10(11)12(16)17/h4-5,8,15H,2-3,6-7H2,1H3,(H,16,17). The molecule has 0 radical (unpaired) electrons. The minimum absolute atomic E-state index is 0.102. The topological polar surface area (TPSA) is 49.3 Å². The van der Waals surface area contributed by atoms with Gasteiger partial charge in [0.1, 0.15) is 0 Å². The fraction of sp³-hybridized carbons (Fsp3) is 0.462. The third-order valence-electron chi connectivity index (χ3n) is 3.60. The van der Waals surface area contributed by atoms with Gasteiger partial charge in [-0.15, -0.1) is 0 Å². The van der Waals surface area contributed by atoms with Gasteiger partial charge in [-0.25, -0.2) is 4.79 Å². The van der Waals surface area contributed by atoms with Gasteiger partial charge >= 0.3 is 5.97 Å². The largest absolute Gasteiger partial charge is 0.478 e. The molecule has 1 aromatic rings. The van der Waals surface area contributed by atoms with Crippen molar-refractivity contribution in [2.45, 2.75) is 38.1 Å². The van der Waals surface area contributed by atoms with Gasteiger partial charge in [0.05, 0.1) is 11.3 Å². The first-order chi connectivity index (χ1) is 8.06. The van der Waals surface area contributed by atoms with Crippen molar-refractivity contribution in [3.8, 4) is 0 Å². The first kappa shape index (κ1) is 12.4. The molecular formula is C13H16BrNO2. The highest BCUT2D eigenvalue weighted by Gasteiger charge is 2.35. The van der Waals surface area contributed by atoms with E-state index in [1.165, 1.54) is 6.42 Å². The zero-order valence-electron chi connectivity index (χ0n) is 9.79. The number of nitrogens with one attached hydrogen (secondary N) is 1. The maximum atomic E-state index is 11.2. The predicted molar refractivity (Wildman–Crippen MR) is 71.6 cm³/mol. The van der Waals surface area contributed by atoms with Gasteiger partial charge in [-0.2, -0.15) is 0 Å². The van der Waals surface area contributed by atoms with Crippen molar-refractivity contribution >= 4 is 27.6 Å². The number of carbonyl (C=O) groups is 1. The Kier molecular flexibility index (Phi) is 3.43. The Morgan fingerprint density at radius 3 is 2.71 bits per heavy atom. The predicted octanol–water partition coefficient (Wildman–Crippen LogP) is 3.89. The minimum Gasteiger partial charge on any atom is -0.478 e. The summed E-state index contributed by atoms with van der Waals surface area (Å²) in [6, 6.07) is 5.24. The second-order valence-corrected chi connectivity index (χ2v) is 5.52. The van der Waals surface area contributed by atoms with E-state index in [1.54, 1.807) is 12.1 Å². The van der Waals surface area contributed by atoms with Gasteiger partial charge < -0.3 is 10.4 Å². The van der Waals surface area contributed by atoms with E-state index >= 15 is 0 Å². The number of benzene rings is 1. The molecule has 0 amide bonds. The molecular weight excluding hydrogens is 282 g/mol. The van der Waals surface area contributed by atoms with Crippen LogP contribution in [0.25, 0.3) is 0 Å². The molecule has 0 saturated heterocycles. The summed E-state index contributed by atoms with van der Waals surface area (Å²) in [7, 11) is 0. The Bertz CT molecular complexity index is 436. The third kappa shape index (κ3) is 2.46. The van der Waals surface area contributed by atoms with Crippen LogP contribution in [0.2, 0.25) is 0 Å². The molecule has 0 unspecified atom stereocenters. The van der Waals surface area contributed by atoms with E-state index in [0.717, 1.165) is 23.7 Å². The smallest absolute Gasteiger partial charge is 0.337 e. The normalized spacial score (nSPS) is 17.3. The second-order valence-electron chi connectivity index (χ2n) is 4.61. The summed E-state index contributed by atoms with van der Waals surface area (Å²) in [5.41, 5.74) is 1.16. The van der Waals surface area contributed by atoms with Gasteiger partial charge in [-0.3, -0.25) is 0 Å². The molecule has 2 N–H and O–H groups in total. The van der Waals surface area contributed by atoms with Gasteiger partial charge in [0.2, 0.25) is 0 Å². The molecule has 0 aromatic heterocycles. The quantitative estimate of drug-likeness (QED) is 0.886. The Balaban J connectivity index is 2.30. The molecule has 0 bridgehead atoms. The van der Waals surface area contributed by atoms with Gasteiger partial charge in [0.15, 0.2) is 0 Å². The first-order valence-corrected chi connectivity index (χ1v) is 6.67. The lowest BCUT2D eigenvalue weighted by Gasteiger charge is -2.43. The van der Waals surface area contributed by atoms with Gasteiger partial charge in [0, 0.05) is 10.0 Å². The Morgan fingerprint density at radius 2 is 2.24 bits per heavy atom. The third-order valence-corrected chi connectivity index (χ3v) is 4.09. The Labute approximate surface area is 109 Å². The maximum Gasteiger partial charge on any atom is 0.337 e. The number of halogens is 1. The summed E-state index contributed by atoms with van der Waals surface area (Å²) in [6.07, 6.45) is 4.49. The average molecular weight is 298 g/mol. The molecule has 1 aliphatic rings. The van der Waals surface area contributed by atoms with Crippen LogP contribution in [-0.2, 0) is 0 Å². The van der Waals surface area contributed by atoms with E-state index in [4.69, 9.17) is 5.11 Å². The number of aromatic carboxylic acids is 1. The molecule has 1 saturated carbocycles. The summed E-state index contributed by atoms with van der Waals surface area (Å²) >= 11 is 3.38. The highest BCUT2D eigenvalue weighted by atomic mass is 79.9. The van der Waals surface area contributed by atoms with E-state index in [9.17, 15) is 4.79 Å². The van der Waals surface area contributed by atoms with Crippen molar-refractivity contribution in [3.63, 3.8) is 0 Å². The van der Waals surface area contributed by atoms with E-state index < -0.39 is 5.97 Å². The lowest BCUT2D eigenvalue weighted by molar-refractivity contribution is 0.0697. The Morgan fingerprint density at radius 1 is 1.53 bits per heavy atom. The number of hydrogen-bond acceptors (Lipinski definition) is 2. The molecule has 1 aromatic carbocycles. The molecule has 1 fully saturated rings. The number of anilines is 1. The summed E-state index contributed by atoms with van der Waals surface area (Å²) in [4.78, 5) is 11.2. The molecule has 2 rings (SSSR count). The first-order valence-electron chi connectivity index (χ1n) is 5.87. The minimum atomic E-state index is -0.884. The molecule has 4 heteroatoms. The zero-order chi connectivity index (χ0) is 12.5. The van der Waals surface area contributed by atoms with Crippen molar-refractivity contribution in [2.24, 2.45) is 0 Å². The van der Waals surface area contributed by atoms with Crippen LogP contribution in [0.4, 0.5) is 5.69 Å². The van der Waals surface area contributed by atoms with E-state index in [-0.39, 0.29) is 5.54 Å². The number of hydrogen-bond donors (Lipinski definition) is 2. The Hall–Kier alpha value is -1.03. The van der Waals surface area contributed by atoms with Crippen LogP contribution in [0.1, 0.15) is 43.0 Å². The molecule has 0 heterocycles. The number of rotatable bonds is 4. The van der Waals surface area contributed by atoms with Crippen LogP contribution in [0.3, 0.4) is 0 Å². The molecule has 1 aliphatic carbocycles. The molecule has 0 aliphatic heterocycles. The highest BCUT2D eigenvalue weighted by molar-refractivity contribution is 9.10. The van der Waals surface area contributed by atoms with E-state index in [0.29, 0.717) is 11.3 Å². The van der Waals surface area contributed by atoms with Crippen molar-refractivity contribution in [1.29, 1.82) is 0 Å². The van der Waals surface area contributed by atoms with Crippen molar-refractivity contribution in [3.05, 3.63) is 28.2 Å². The van der Waals surface area contributed by atoms with Crippen LogP contribution in [0, 0.1) is 0 Å². The average Bonchev–Trinajstić information content (AvgIpc) is 2.23. The van der Waals surface area contributed by atoms with Crippen LogP contribution in [0.5, 0.6) is 0 Å². The van der Waals surface area contributed by atoms with Gasteiger partial charge in [-0.05, 0) is 43.9 Å². The van der Waals surface area contributed by atoms with Gasteiger partial charge in [0.25, 0.3) is 0 Å². The fourth-order valence-electron chi connectivity index (χ4n) is 2.26. The molecule has 92 valence electrons. The number of carboxylic acid groups (broad SMARTS) is 1. The van der Waals surface area contributed by atoms with Crippen molar-refractivity contribution in [2.75, 3.05) is 5.32 Å². The van der Waals surface area contributed by atoms with Crippen molar-refractivity contribution < 1.29 is 9.90 Å². The molecule has 0 atom stereocenters.